The van der Waals surface area contributed by atoms with E-state index in [4.69, 9.17) is 11.6 Å². The average Bonchev–Trinajstić information content (AvgIpc) is 2.52. The molecular formula is C16H20Cl3N3O. The number of halogens is 3. The monoisotopic (exact) mass is 375 g/mol. The van der Waals surface area contributed by atoms with Crippen molar-refractivity contribution in [1.82, 2.24) is 15.6 Å². The summed E-state index contributed by atoms with van der Waals surface area (Å²) in [5.41, 5.74) is 2.44. The largest absolute Gasteiger partial charge is 0.352 e. The quantitative estimate of drug-likeness (QED) is 0.758. The Labute approximate surface area is 153 Å². The molecule has 2 N–H and O–H groups in total. The van der Waals surface area contributed by atoms with Crippen LogP contribution in [0, 0.1) is 0 Å². The summed E-state index contributed by atoms with van der Waals surface area (Å²) >= 11 is 5.88. The summed E-state index contributed by atoms with van der Waals surface area (Å²) in [5.74, 6) is -0.102. The molecule has 0 aliphatic carbocycles. The zero-order chi connectivity index (χ0) is 15.1. The fraction of sp³-hybridized carbons (Fsp3) is 0.250. The topological polar surface area (TPSA) is 54.0 Å². The molecule has 126 valence electrons. The van der Waals surface area contributed by atoms with Crippen LogP contribution < -0.4 is 10.6 Å². The number of rotatable bonds is 6. The molecule has 2 rings (SSSR count). The minimum atomic E-state index is -0.102. The van der Waals surface area contributed by atoms with Gasteiger partial charge >= 0.3 is 0 Å². The van der Waals surface area contributed by atoms with E-state index >= 15 is 0 Å². The van der Waals surface area contributed by atoms with Gasteiger partial charge in [0.15, 0.2) is 0 Å². The second-order valence-corrected chi connectivity index (χ2v) is 5.12. The Bertz CT molecular complexity index is 606. The fourth-order valence-corrected chi connectivity index (χ4v) is 2.06. The van der Waals surface area contributed by atoms with Crippen molar-refractivity contribution in [3.8, 4) is 11.1 Å². The molecule has 1 amide bonds. The van der Waals surface area contributed by atoms with Gasteiger partial charge in [-0.3, -0.25) is 9.78 Å². The number of hydrogen-bond acceptors (Lipinski definition) is 3. The first-order valence-corrected chi connectivity index (χ1v) is 7.22. The van der Waals surface area contributed by atoms with Crippen LogP contribution in [0.1, 0.15) is 16.8 Å². The van der Waals surface area contributed by atoms with Gasteiger partial charge in [0.25, 0.3) is 5.91 Å². The van der Waals surface area contributed by atoms with Crippen LogP contribution in [0.25, 0.3) is 11.1 Å². The first-order valence-electron chi connectivity index (χ1n) is 6.84. The normalized spacial score (nSPS) is 9.48. The molecule has 0 fully saturated rings. The van der Waals surface area contributed by atoms with E-state index in [-0.39, 0.29) is 30.7 Å². The van der Waals surface area contributed by atoms with E-state index in [0.717, 1.165) is 24.1 Å². The van der Waals surface area contributed by atoms with E-state index in [1.165, 1.54) is 0 Å². The maximum absolute atomic E-state index is 12.1. The highest BCUT2D eigenvalue weighted by Gasteiger charge is 2.07. The van der Waals surface area contributed by atoms with Crippen LogP contribution in [0.2, 0.25) is 5.02 Å². The summed E-state index contributed by atoms with van der Waals surface area (Å²) in [6.45, 7) is 1.52. The summed E-state index contributed by atoms with van der Waals surface area (Å²) < 4.78 is 0. The number of amides is 1. The van der Waals surface area contributed by atoms with Crippen molar-refractivity contribution in [2.75, 3.05) is 20.1 Å². The fourth-order valence-electron chi connectivity index (χ4n) is 1.93. The van der Waals surface area contributed by atoms with Crippen molar-refractivity contribution in [1.29, 1.82) is 0 Å². The van der Waals surface area contributed by atoms with E-state index in [2.05, 4.69) is 15.6 Å². The van der Waals surface area contributed by atoms with Crippen LogP contribution in [0.15, 0.2) is 42.7 Å². The molecule has 0 unspecified atom stereocenters. The lowest BCUT2D eigenvalue weighted by Gasteiger charge is -2.07. The Morgan fingerprint density at radius 1 is 1.09 bits per heavy atom. The zero-order valence-electron chi connectivity index (χ0n) is 12.7. The van der Waals surface area contributed by atoms with Gasteiger partial charge in [-0.1, -0.05) is 23.7 Å². The molecule has 23 heavy (non-hydrogen) atoms. The summed E-state index contributed by atoms with van der Waals surface area (Å²) in [7, 11) is 1.89. The van der Waals surface area contributed by atoms with Crippen molar-refractivity contribution < 1.29 is 4.79 Å². The zero-order valence-corrected chi connectivity index (χ0v) is 15.1. The lowest BCUT2D eigenvalue weighted by Crippen LogP contribution is -2.26. The molecule has 0 atom stereocenters. The Morgan fingerprint density at radius 3 is 2.43 bits per heavy atom. The molecule has 0 spiro atoms. The van der Waals surface area contributed by atoms with E-state index in [1.54, 1.807) is 12.4 Å². The van der Waals surface area contributed by atoms with Crippen molar-refractivity contribution in [2.24, 2.45) is 0 Å². The number of aromatic nitrogens is 1. The molecular weight excluding hydrogens is 357 g/mol. The summed E-state index contributed by atoms with van der Waals surface area (Å²) in [5, 5.41) is 6.61. The molecule has 0 aliphatic rings. The van der Waals surface area contributed by atoms with Gasteiger partial charge in [0, 0.05) is 29.5 Å². The summed E-state index contributed by atoms with van der Waals surface area (Å²) in [6.07, 6.45) is 4.21. The Balaban J connectivity index is 0.00000242. The predicted molar refractivity (Wildman–Crippen MR) is 100 cm³/mol. The van der Waals surface area contributed by atoms with E-state index in [9.17, 15) is 4.79 Å². The third kappa shape index (κ3) is 6.75. The number of pyridine rings is 1. The van der Waals surface area contributed by atoms with Crippen LogP contribution in [-0.2, 0) is 0 Å². The molecule has 1 heterocycles. The predicted octanol–water partition coefficient (Wildman–Crippen LogP) is 3.58. The molecule has 7 heteroatoms. The second kappa shape index (κ2) is 11.2. The van der Waals surface area contributed by atoms with Crippen molar-refractivity contribution >= 4 is 42.3 Å². The molecule has 2 aromatic rings. The van der Waals surface area contributed by atoms with Gasteiger partial charge in [-0.15, -0.1) is 24.8 Å². The highest BCUT2D eigenvalue weighted by Crippen LogP contribution is 2.21. The van der Waals surface area contributed by atoms with Crippen molar-refractivity contribution in [3.05, 3.63) is 53.3 Å². The minimum Gasteiger partial charge on any atom is -0.352 e. The first-order chi connectivity index (χ1) is 10.2. The van der Waals surface area contributed by atoms with Gasteiger partial charge in [0.05, 0.1) is 5.56 Å². The molecule has 1 aromatic heterocycles. The van der Waals surface area contributed by atoms with Gasteiger partial charge in [-0.05, 0) is 43.8 Å². The van der Waals surface area contributed by atoms with Crippen molar-refractivity contribution in [3.63, 3.8) is 0 Å². The maximum Gasteiger partial charge on any atom is 0.252 e. The molecule has 0 saturated carbocycles. The van der Waals surface area contributed by atoms with Gasteiger partial charge in [-0.2, -0.15) is 0 Å². The van der Waals surface area contributed by atoms with Gasteiger partial charge in [-0.25, -0.2) is 0 Å². The molecule has 4 nitrogen and oxygen atoms in total. The Hall–Kier alpha value is -1.33. The van der Waals surface area contributed by atoms with Crippen LogP contribution >= 0.6 is 36.4 Å². The number of nitrogens with zero attached hydrogens (tertiary/aromatic N) is 1. The molecule has 0 saturated heterocycles. The van der Waals surface area contributed by atoms with E-state index in [0.29, 0.717) is 17.1 Å². The summed E-state index contributed by atoms with van der Waals surface area (Å²) in [6, 6.07) is 9.30. The number of benzene rings is 1. The molecule has 0 aliphatic heterocycles. The molecule has 0 radical (unpaired) electrons. The number of hydrogen-bond donors (Lipinski definition) is 2. The van der Waals surface area contributed by atoms with E-state index in [1.807, 2.05) is 37.4 Å². The minimum absolute atomic E-state index is 0. The van der Waals surface area contributed by atoms with Crippen LogP contribution in [0.4, 0.5) is 0 Å². The van der Waals surface area contributed by atoms with Crippen molar-refractivity contribution in [2.45, 2.75) is 6.42 Å². The molecule has 0 bridgehead atoms. The second-order valence-electron chi connectivity index (χ2n) is 4.68. The standard InChI is InChI=1S/C16H18ClN3O.2ClH/c1-18-7-2-8-20-16(21)14-9-13(10-19-11-14)12-3-5-15(17)6-4-12;;/h3-6,9-11,18H,2,7-8H2,1H3,(H,20,21);2*1H. The smallest absolute Gasteiger partial charge is 0.252 e. The van der Waals surface area contributed by atoms with Crippen LogP contribution in [0.5, 0.6) is 0 Å². The van der Waals surface area contributed by atoms with Crippen LogP contribution in [-0.4, -0.2) is 31.0 Å². The third-order valence-electron chi connectivity index (χ3n) is 3.07. The lowest BCUT2D eigenvalue weighted by molar-refractivity contribution is 0.0953. The molecule has 1 aromatic carbocycles. The lowest BCUT2D eigenvalue weighted by atomic mass is 10.1. The number of carbonyl (C=O) groups is 1. The number of carbonyl (C=O) groups excluding carboxylic acids is 1. The summed E-state index contributed by atoms with van der Waals surface area (Å²) in [4.78, 5) is 16.2. The first kappa shape index (κ1) is 21.7. The maximum atomic E-state index is 12.1. The highest BCUT2D eigenvalue weighted by atomic mass is 35.5. The SMILES string of the molecule is CNCCCNC(=O)c1cncc(-c2ccc(Cl)cc2)c1.Cl.Cl. The van der Waals surface area contributed by atoms with Gasteiger partial charge < -0.3 is 10.6 Å². The third-order valence-corrected chi connectivity index (χ3v) is 3.32. The van der Waals surface area contributed by atoms with Gasteiger partial charge in [0.2, 0.25) is 0 Å². The number of nitrogens with one attached hydrogen (secondary N) is 2. The highest BCUT2D eigenvalue weighted by molar-refractivity contribution is 6.30. The Kier molecular flexibility index (Phi) is 10.6. The Morgan fingerprint density at radius 2 is 1.78 bits per heavy atom. The van der Waals surface area contributed by atoms with Gasteiger partial charge in [0.1, 0.15) is 0 Å². The average molecular weight is 377 g/mol. The van der Waals surface area contributed by atoms with Crippen LogP contribution in [0.3, 0.4) is 0 Å². The van der Waals surface area contributed by atoms with E-state index < -0.39 is 0 Å².